The van der Waals surface area contributed by atoms with Gasteiger partial charge in [0.2, 0.25) is 11.8 Å². The lowest BCUT2D eigenvalue weighted by Gasteiger charge is -2.40. The van der Waals surface area contributed by atoms with Gasteiger partial charge in [0.25, 0.3) is 0 Å². The number of nitrogens with zero attached hydrogens (tertiary/aromatic N) is 4. The average Bonchev–Trinajstić information content (AvgIpc) is 3.19. The fourth-order valence-electron chi connectivity index (χ4n) is 8.67. The Kier molecular flexibility index (Phi) is 9.96. The molecule has 3 heterocycles. The maximum absolute atomic E-state index is 7.18. The molecule has 51 heavy (non-hydrogen) atoms. The van der Waals surface area contributed by atoms with Gasteiger partial charge in [-0.1, -0.05) is 123 Å². The number of hydrogen-bond donors (Lipinski definition) is 0. The molecule has 0 bridgehead atoms. The Morgan fingerprint density at radius 3 is 1.57 bits per heavy atom. The van der Waals surface area contributed by atoms with Gasteiger partial charge in [0, 0.05) is 17.7 Å². The summed E-state index contributed by atoms with van der Waals surface area (Å²) in [5, 5.41) is 16.4. The first-order valence-electron chi connectivity index (χ1n) is 18.9. The van der Waals surface area contributed by atoms with Crippen molar-refractivity contribution in [3.05, 3.63) is 133 Å². The molecule has 2 aliphatic heterocycles. The van der Waals surface area contributed by atoms with Crippen LogP contribution in [-0.4, -0.2) is 58.3 Å². The first-order valence-corrected chi connectivity index (χ1v) is 18.9. The highest BCUT2D eigenvalue weighted by Crippen LogP contribution is 2.41. The van der Waals surface area contributed by atoms with Crippen molar-refractivity contribution in [2.75, 3.05) is 26.2 Å². The summed E-state index contributed by atoms with van der Waals surface area (Å²) in [4.78, 5) is 5.10. The van der Waals surface area contributed by atoms with Crippen molar-refractivity contribution in [1.82, 2.24) is 20.0 Å². The van der Waals surface area contributed by atoms with Crippen molar-refractivity contribution in [2.24, 2.45) is 0 Å². The largest absolute Gasteiger partial charge is 0.466 e. The summed E-state index contributed by atoms with van der Waals surface area (Å²) in [5.41, 5.74) is 2.37. The van der Waals surface area contributed by atoms with E-state index in [1.807, 2.05) is 6.08 Å². The fourth-order valence-corrected chi connectivity index (χ4v) is 8.67. The summed E-state index contributed by atoms with van der Waals surface area (Å²) in [7, 11) is 0. The quantitative estimate of drug-likeness (QED) is 0.127. The molecule has 2 saturated heterocycles. The van der Waals surface area contributed by atoms with Gasteiger partial charge in [0.05, 0.1) is 22.9 Å². The third-order valence-electron chi connectivity index (χ3n) is 11.2. The minimum atomic E-state index is -0.246. The molecule has 5 aromatic carbocycles. The van der Waals surface area contributed by atoms with Crippen LogP contribution in [-0.2, 0) is 0 Å². The van der Waals surface area contributed by atoms with E-state index in [0.717, 1.165) is 56.2 Å². The van der Waals surface area contributed by atoms with Gasteiger partial charge < -0.3 is 9.47 Å². The molecule has 0 aliphatic carbocycles. The Balaban J connectivity index is 1.22. The van der Waals surface area contributed by atoms with E-state index in [4.69, 9.17) is 19.7 Å². The molecular weight excluding hydrogens is 629 g/mol. The molecule has 0 spiro atoms. The fraction of sp³-hybridized carbons (Fsp3) is 0.333. The molecule has 6 aromatic rings. The number of fused-ring (bicyclic) bond motifs is 3. The predicted molar refractivity (Wildman–Crippen MR) is 208 cm³/mol. The highest BCUT2D eigenvalue weighted by atomic mass is 16.5. The second-order valence-corrected chi connectivity index (χ2v) is 14.1. The van der Waals surface area contributed by atoms with Crippen LogP contribution in [0.4, 0.5) is 0 Å². The van der Waals surface area contributed by atoms with Crippen molar-refractivity contribution in [3.8, 4) is 11.8 Å². The van der Waals surface area contributed by atoms with E-state index in [1.165, 1.54) is 51.9 Å². The monoisotopic (exact) mass is 676 g/mol. The second-order valence-electron chi connectivity index (χ2n) is 14.1. The molecule has 0 unspecified atom stereocenters. The summed E-state index contributed by atoms with van der Waals surface area (Å²) >= 11 is 0. The van der Waals surface area contributed by atoms with Gasteiger partial charge in [-0.05, 0) is 79.0 Å². The predicted octanol–water partition coefficient (Wildman–Crippen LogP) is 10.1. The Bertz CT molecular complexity index is 2120. The highest BCUT2D eigenvalue weighted by molar-refractivity contribution is 5.91. The van der Waals surface area contributed by atoms with E-state index >= 15 is 0 Å². The average molecular weight is 677 g/mol. The van der Waals surface area contributed by atoms with Crippen LogP contribution in [0, 0.1) is 0 Å². The molecule has 4 atom stereocenters. The summed E-state index contributed by atoms with van der Waals surface area (Å²) < 4.78 is 14.3. The highest BCUT2D eigenvalue weighted by Gasteiger charge is 2.36. The number of hydrogen-bond acceptors (Lipinski definition) is 6. The Hall–Kier alpha value is -4.78. The molecule has 0 saturated carbocycles. The third-order valence-corrected chi connectivity index (χ3v) is 11.2. The minimum Gasteiger partial charge on any atom is -0.466 e. The van der Waals surface area contributed by atoms with Crippen molar-refractivity contribution in [2.45, 2.75) is 69.7 Å². The topological polar surface area (TPSA) is 50.7 Å². The van der Waals surface area contributed by atoms with Crippen molar-refractivity contribution < 1.29 is 9.47 Å². The smallest absolute Gasteiger partial charge is 0.242 e. The van der Waals surface area contributed by atoms with Crippen LogP contribution in [0.15, 0.2) is 122 Å². The number of piperidine rings is 2. The maximum atomic E-state index is 7.18. The summed E-state index contributed by atoms with van der Waals surface area (Å²) in [6.07, 6.45) is 8.40. The van der Waals surface area contributed by atoms with Crippen molar-refractivity contribution in [1.29, 1.82) is 0 Å². The zero-order chi connectivity index (χ0) is 34.6. The molecule has 6 nitrogen and oxygen atoms in total. The minimum absolute atomic E-state index is 0.168. The van der Waals surface area contributed by atoms with Crippen LogP contribution >= 0.6 is 0 Å². The Labute approximate surface area is 301 Å². The molecule has 0 amide bonds. The lowest BCUT2D eigenvalue weighted by Crippen LogP contribution is -2.45. The summed E-state index contributed by atoms with van der Waals surface area (Å²) in [6.45, 7) is 10.2. The van der Waals surface area contributed by atoms with E-state index < -0.39 is 0 Å². The van der Waals surface area contributed by atoms with E-state index in [-0.39, 0.29) is 24.3 Å². The molecule has 2 aliphatic rings. The Morgan fingerprint density at radius 2 is 1.06 bits per heavy atom. The third kappa shape index (κ3) is 6.71. The van der Waals surface area contributed by atoms with E-state index in [0.29, 0.717) is 11.8 Å². The van der Waals surface area contributed by atoms with Crippen molar-refractivity contribution >= 4 is 32.3 Å². The first kappa shape index (κ1) is 33.4. The van der Waals surface area contributed by atoms with E-state index in [2.05, 4.69) is 132 Å². The van der Waals surface area contributed by atoms with Crippen LogP contribution < -0.4 is 9.47 Å². The van der Waals surface area contributed by atoms with Crippen LogP contribution in [0.1, 0.15) is 68.8 Å². The summed E-state index contributed by atoms with van der Waals surface area (Å²) in [5.74, 6) is 1.08. The van der Waals surface area contributed by atoms with Gasteiger partial charge in [0.15, 0.2) is 0 Å². The second kappa shape index (κ2) is 15.2. The maximum Gasteiger partial charge on any atom is 0.242 e. The SMILES string of the molecule is C=CCN1CCCC[C@@H]1[C@H](Oc1nnc(O[C@H](c2cccc3ccccc23)[C@H]2CCCCN2CC)c2ccccc12)c1cccc2ccccc12. The van der Waals surface area contributed by atoms with E-state index in [9.17, 15) is 0 Å². The van der Waals surface area contributed by atoms with Crippen LogP contribution in [0.3, 0.4) is 0 Å². The molecular formula is C45H48N4O2. The zero-order valence-corrected chi connectivity index (χ0v) is 29.7. The number of rotatable bonds is 11. The number of likely N-dealkylation sites (N-methyl/N-ethyl adjacent to an activating group) is 1. The van der Waals surface area contributed by atoms with Crippen LogP contribution in [0.2, 0.25) is 0 Å². The van der Waals surface area contributed by atoms with Crippen LogP contribution in [0.25, 0.3) is 32.3 Å². The molecule has 6 heteroatoms. The first-order chi connectivity index (χ1) is 25.2. The lowest BCUT2D eigenvalue weighted by molar-refractivity contribution is 0.0398. The van der Waals surface area contributed by atoms with Gasteiger partial charge in [-0.15, -0.1) is 16.8 Å². The van der Waals surface area contributed by atoms with Gasteiger partial charge >= 0.3 is 0 Å². The molecule has 0 N–H and O–H groups in total. The van der Waals surface area contributed by atoms with Crippen molar-refractivity contribution in [3.63, 3.8) is 0 Å². The molecule has 2 fully saturated rings. The van der Waals surface area contributed by atoms with Gasteiger partial charge in [-0.25, -0.2) is 0 Å². The normalized spacial score (nSPS) is 19.9. The summed E-state index contributed by atoms with van der Waals surface area (Å²) in [6, 6.07) is 39.1. The standard InChI is InChI=1S/C45H48N4O2/c1-3-29-49-31-14-12-28-41(49)43(37-26-16-20-33-18-6-8-22-35(33)37)51-45-39-24-10-9-23-38(39)44(46-47-45)50-42(40-27-11-13-30-48(40)4-2)36-25-15-19-32-17-5-7-21-34(32)36/h3,5-10,15-26,40-43H,1,4,11-14,27-31H2,2H3/t40-,41-,42-,43-/m1/s1. The number of ether oxygens (including phenoxy) is 2. The van der Waals surface area contributed by atoms with Crippen LogP contribution in [0.5, 0.6) is 11.8 Å². The number of aromatic nitrogens is 2. The number of benzene rings is 5. The Morgan fingerprint density at radius 1 is 0.608 bits per heavy atom. The molecule has 0 radical (unpaired) electrons. The molecule has 8 rings (SSSR count). The molecule has 1 aromatic heterocycles. The number of likely N-dealkylation sites (tertiary alicyclic amines) is 2. The molecule has 260 valence electrons. The van der Waals surface area contributed by atoms with E-state index in [1.54, 1.807) is 0 Å². The van der Waals surface area contributed by atoms with Gasteiger partial charge in [-0.3, -0.25) is 9.80 Å². The zero-order valence-electron chi connectivity index (χ0n) is 29.7. The van der Waals surface area contributed by atoms with Gasteiger partial charge in [0.1, 0.15) is 12.2 Å². The van der Waals surface area contributed by atoms with Gasteiger partial charge in [-0.2, -0.15) is 0 Å². The lowest BCUT2D eigenvalue weighted by atomic mass is 9.90.